The van der Waals surface area contributed by atoms with Crippen LogP contribution in [0.2, 0.25) is 5.02 Å². The van der Waals surface area contributed by atoms with E-state index in [1.54, 1.807) is 6.20 Å². The Morgan fingerprint density at radius 3 is 3.00 bits per heavy atom. The number of hydrogen-bond donors (Lipinski definition) is 1. The van der Waals surface area contributed by atoms with Crippen LogP contribution in [0.15, 0.2) is 16.7 Å². The van der Waals surface area contributed by atoms with Gasteiger partial charge in [-0.05, 0) is 34.2 Å². The number of pyridine rings is 1. The van der Waals surface area contributed by atoms with Crippen LogP contribution in [-0.2, 0) is 0 Å². The number of aromatic nitrogens is 1. The number of halogens is 2. The van der Waals surface area contributed by atoms with Crippen LogP contribution >= 0.6 is 27.5 Å². The number of hydrogen-bond acceptors (Lipinski definition) is 2. The van der Waals surface area contributed by atoms with Crippen LogP contribution < -0.4 is 5.32 Å². The smallest absolute Gasteiger partial charge is 0.127 e. The SMILES string of the molecule is CC1CC1CNc1cc(Cl)c(Br)cn1. The molecule has 1 N–H and O–H groups in total. The van der Waals surface area contributed by atoms with Crippen molar-refractivity contribution in [3.8, 4) is 0 Å². The quantitative estimate of drug-likeness (QED) is 0.912. The minimum absolute atomic E-state index is 0.700. The zero-order valence-corrected chi connectivity index (χ0v) is 10.3. The van der Waals surface area contributed by atoms with Gasteiger partial charge in [0, 0.05) is 18.8 Å². The number of anilines is 1. The molecule has 1 fully saturated rings. The first-order valence-electron chi connectivity index (χ1n) is 4.71. The Morgan fingerprint density at radius 2 is 2.43 bits per heavy atom. The molecule has 2 nitrogen and oxygen atoms in total. The standard InChI is InChI=1S/C10H12BrClN2/c1-6-2-7(6)4-13-10-3-9(12)8(11)5-14-10/h3,5-7H,2,4H2,1H3,(H,13,14). The Bertz CT molecular complexity index is 343. The van der Waals surface area contributed by atoms with E-state index in [2.05, 4.69) is 33.2 Å². The van der Waals surface area contributed by atoms with Crippen molar-refractivity contribution < 1.29 is 0 Å². The van der Waals surface area contributed by atoms with E-state index in [0.29, 0.717) is 5.02 Å². The van der Waals surface area contributed by atoms with Crippen molar-refractivity contribution in [3.05, 3.63) is 21.8 Å². The molecule has 0 radical (unpaired) electrons. The predicted octanol–water partition coefficient (Wildman–Crippen LogP) is 3.57. The van der Waals surface area contributed by atoms with Crippen molar-refractivity contribution in [2.75, 3.05) is 11.9 Å². The number of nitrogens with zero attached hydrogens (tertiary/aromatic N) is 1. The molecule has 1 aliphatic rings. The number of nitrogens with one attached hydrogen (secondary N) is 1. The molecule has 0 spiro atoms. The van der Waals surface area contributed by atoms with Gasteiger partial charge < -0.3 is 5.32 Å². The Kier molecular flexibility index (Phi) is 2.98. The lowest BCUT2D eigenvalue weighted by atomic mass is 10.3. The minimum atomic E-state index is 0.700. The molecule has 0 aromatic carbocycles. The Hall–Kier alpha value is -0.280. The number of rotatable bonds is 3. The molecule has 4 heteroatoms. The molecule has 14 heavy (non-hydrogen) atoms. The van der Waals surface area contributed by atoms with Crippen molar-refractivity contribution in [1.29, 1.82) is 0 Å². The monoisotopic (exact) mass is 274 g/mol. The summed E-state index contributed by atoms with van der Waals surface area (Å²) in [5, 5.41) is 3.99. The lowest BCUT2D eigenvalue weighted by molar-refractivity contribution is 0.784. The maximum atomic E-state index is 5.95. The van der Waals surface area contributed by atoms with Gasteiger partial charge in [-0.1, -0.05) is 18.5 Å². The van der Waals surface area contributed by atoms with Crippen LogP contribution in [0, 0.1) is 11.8 Å². The Balaban J connectivity index is 1.92. The van der Waals surface area contributed by atoms with Crippen LogP contribution in [0.5, 0.6) is 0 Å². The van der Waals surface area contributed by atoms with Gasteiger partial charge in [0.1, 0.15) is 5.82 Å². The summed E-state index contributed by atoms with van der Waals surface area (Å²) in [6, 6.07) is 1.85. The fourth-order valence-corrected chi connectivity index (χ4v) is 1.80. The maximum absolute atomic E-state index is 5.95. The molecule has 1 saturated carbocycles. The summed E-state index contributed by atoms with van der Waals surface area (Å²) < 4.78 is 0.838. The Morgan fingerprint density at radius 1 is 1.71 bits per heavy atom. The van der Waals surface area contributed by atoms with E-state index in [-0.39, 0.29) is 0 Å². The third kappa shape index (κ3) is 2.39. The van der Waals surface area contributed by atoms with Crippen molar-refractivity contribution in [2.45, 2.75) is 13.3 Å². The van der Waals surface area contributed by atoms with E-state index in [0.717, 1.165) is 28.7 Å². The highest BCUT2D eigenvalue weighted by molar-refractivity contribution is 9.10. The van der Waals surface area contributed by atoms with Gasteiger partial charge in [0.15, 0.2) is 0 Å². The second-order valence-electron chi connectivity index (χ2n) is 3.84. The van der Waals surface area contributed by atoms with Crippen LogP contribution in [0.4, 0.5) is 5.82 Å². The first-order valence-corrected chi connectivity index (χ1v) is 5.89. The van der Waals surface area contributed by atoms with Gasteiger partial charge in [0.2, 0.25) is 0 Å². The molecule has 0 amide bonds. The molecule has 0 bridgehead atoms. The highest BCUT2D eigenvalue weighted by Crippen LogP contribution is 2.37. The minimum Gasteiger partial charge on any atom is -0.370 e. The molecule has 1 aromatic heterocycles. The molecular formula is C10H12BrClN2. The summed E-state index contributed by atoms with van der Waals surface area (Å²) >= 11 is 9.26. The van der Waals surface area contributed by atoms with E-state index < -0.39 is 0 Å². The summed E-state index contributed by atoms with van der Waals surface area (Å²) in [5.74, 6) is 2.55. The lowest BCUT2D eigenvalue weighted by Gasteiger charge is -2.05. The third-order valence-corrected chi connectivity index (χ3v) is 3.80. The second-order valence-corrected chi connectivity index (χ2v) is 5.10. The molecule has 2 atom stereocenters. The van der Waals surface area contributed by atoms with Gasteiger partial charge >= 0.3 is 0 Å². The van der Waals surface area contributed by atoms with Crippen molar-refractivity contribution in [1.82, 2.24) is 4.98 Å². The average Bonchev–Trinajstić information content (AvgIpc) is 2.85. The zero-order valence-electron chi connectivity index (χ0n) is 7.93. The van der Waals surface area contributed by atoms with Crippen molar-refractivity contribution >= 4 is 33.3 Å². The summed E-state index contributed by atoms with van der Waals surface area (Å²) in [4.78, 5) is 4.22. The molecule has 2 unspecified atom stereocenters. The van der Waals surface area contributed by atoms with Crippen LogP contribution in [0.1, 0.15) is 13.3 Å². The fourth-order valence-electron chi connectivity index (χ4n) is 1.43. The molecule has 1 aromatic rings. The first-order chi connectivity index (χ1) is 6.66. The van der Waals surface area contributed by atoms with Gasteiger partial charge in [0.05, 0.1) is 9.50 Å². The summed E-state index contributed by atoms with van der Waals surface area (Å²) in [7, 11) is 0. The molecular weight excluding hydrogens is 263 g/mol. The van der Waals surface area contributed by atoms with Crippen LogP contribution in [0.25, 0.3) is 0 Å². The van der Waals surface area contributed by atoms with Gasteiger partial charge in [-0.15, -0.1) is 0 Å². The van der Waals surface area contributed by atoms with Gasteiger partial charge in [-0.2, -0.15) is 0 Å². The highest BCUT2D eigenvalue weighted by Gasteiger charge is 2.31. The summed E-state index contributed by atoms with van der Waals surface area (Å²) in [6.07, 6.45) is 3.05. The zero-order chi connectivity index (χ0) is 10.1. The summed E-state index contributed by atoms with van der Waals surface area (Å²) in [6.45, 7) is 3.28. The molecule has 76 valence electrons. The average molecular weight is 276 g/mol. The topological polar surface area (TPSA) is 24.9 Å². The van der Waals surface area contributed by atoms with E-state index in [4.69, 9.17) is 11.6 Å². The van der Waals surface area contributed by atoms with Gasteiger partial charge in [-0.25, -0.2) is 4.98 Å². The van der Waals surface area contributed by atoms with Crippen LogP contribution in [-0.4, -0.2) is 11.5 Å². The predicted molar refractivity (Wildman–Crippen MR) is 62.7 cm³/mol. The van der Waals surface area contributed by atoms with E-state index in [1.807, 2.05) is 6.07 Å². The lowest BCUT2D eigenvalue weighted by Crippen LogP contribution is -2.05. The summed E-state index contributed by atoms with van der Waals surface area (Å²) in [5.41, 5.74) is 0. The largest absolute Gasteiger partial charge is 0.370 e. The molecule has 1 aliphatic carbocycles. The third-order valence-electron chi connectivity index (χ3n) is 2.63. The van der Waals surface area contributed by atoms with Crippen molar-refractivity contribution in [3.63, 3.8) is 0 Å². The highest BCUT2D eigenvalue weighted by atomic mass is 79.9. The molecule has 0 saturated heterocycles. The normalized spacial score (nSPS) is 24.8. The van der Waals surface area contributed by atoms with Crippen molar-refractivity contribution in [2.24, 2.45) is 11.8 Å². The first kappa shape index (κ1) is 10.2. The van der Waals surface area contributed by atoms with Crippen LogP contribution in [0.3, 0.4) is 0 Å². The van der Waals surface area contributed by atoms with E-state index >= 15 is 0 Å². The van der Waals surface area contributed by atoms with E-state index in [1.165, 1.54) is 6.42 Å². The molecule has 1 heterocycles. The molecule has 2 rings (SSSR count). The fraction of sp³-hybridized carbons (Fsp3) is 0.500. The maximum Gasteiger partial charge on any atom is 0.127 e. The van der Waals surface area contributed by atoms with Gasteiger partial charge in [0.25, 0.3) is 0 Å². The van der Waals surface area contributed by atoms with E-state index in [9.17, 15) is 0 Å². The molecule has 0 aliphatic heterocycles. The second kappa shape index (κ2) is 4.07. The Labute approximate surface area is 97.2 Å². The van der Waals surface area contributed by atoms with Gasteiger partial charge in [-0.3, -0.25) is 0 Å².